The van der Waals surface area contributed by atoms with E-state index in [0.717, 1.165) is 102 Å². The molecule has 1 aromatic heterocycles. The van der Waals surface area contributed by atoms with Gasteiger partial charge in [-0.3, -0.25) is 4.79 Å². The minimum Gasteiger partial charge on any atom is -0.340 e. The number of Topliss-reactive ketones (excluding diaryl/α,β-unsaturated/α-hetero) is 1. The quantitative estimate of drug-likeness (QED) is 0.118. The van der Waals surface area contributed by atoms with Gasteiger partial charge in [0.2, 0.25) is 5.95 Å². The van der Waals surface area contributed by atoms with Gasteiger partial charge >= 0.3 is 6.03 Å². The fraction of sp³-hybridized carbons (Fsp3) is 0.462. The van der Waals surface area contributed by atoms with Crippen LogP contribution in [0.4, 0.5) is 15.1 Å². The summed E-state index contributed by atoms with van der Waals surface area (Å²) in [7, 11) is 0. The summed E-state index contributed by atoms with van der Waals surface area (Å²) in [6.07, 6.45) is 4.86. The molecule has 3 aromatic carbocycles. The smallest absolute Gasteiger partial charge is 0.315 e. The fourth-order valence-corrected chi connectivity index (χ4v) is 9.26. The largest absolute Gasteiger partial charge is 0.340 e. The maximum absolute atomic E-state index is 14.5. The van der Waals surface area contributed by atoms with Crippen molar-refractivity contribution >= 4 is 40.6 Å². The summed E-state index contributed by atoms with van der Waals surface area (Å²) in [5.74, 6) is 2.10. The lowest BCUT2D eigenvalue weighted by molar-refractivity contribution is -0.119. The number of urea groups is 1. The highest BCUT2D eigenvalue weighted by atomic mass is 32.2. The first-order valence-corrected chi connectivity index (χ1v) is 18.8. The van der Waals surface area contributed by atoms with Crippen LogP contribution in [0.25, 0.3) is 22.2 Å². The lowest BCUT2D eigenvalue weighted by Gasteiger charge is -2.29. The number of anilines is 1. The Bertz CT molecular complexity index is 1830. The molecule has 3 N–H and O–H groups in total. The summed E-state index contributed by atoms with van der Waals surface area (Å²) in [5.41, 5.74) is 8.96. The molecule has 3 atom stereocenters. The number of aryl methyl sites for hydroxylation is 4. The molecule has 0 aliphatic carbocycles. The maximum atomic E-state index is 14.5. The van der Waals surface area contributed by atoms with E-state index in [9.17, 15) is 14.0 Å². The number of imidazole rings is 1. The van der Waals surface area contributed by atoms with E-state index < -0.39 is 0 Å². The molecule has 0 unspecified atom stereocenters. The minimum atomic E-state index is -0.139. The Morgan fingerprint density at radius 1 is 0.959 bits per heavy atom. The standard InChI is InChI=1S/C39H47FN6O2S/c1-24-18-31(29-11-8-27(9-12-29)10-13-30(47)6-4-5-7-34-37-32(23-49-34)42-38(48)43-37)36-33(19-24)46(39(44-36)45-16-14-41-15-17-45)22-28-20-25(2)35(40)26(3)21-28/h8-9,11-12,18-21,32,34,37,41H,4-7,10,13-17,22-23H2,1-3H3,(H2,42,43,48)/t32-,34-,37-/m0/s1. The Labute approximate surface area is 292 Å². The number of hydrogen-bond donors (Lipinski definition) is 3. The summed E-state index contributed by atoms with van der Waals surface area (Å²) in [5, 5.41) is 9.94. The first kappa shape index (κ1) is 33.6. The van der Waals surface area contributed by atoms with Crippen molar-refractivity contribution in [3.8, 4) is 11.1 Å². The van der Waals surface area contributed by atoms with E-state index in [2.05, 4.69) is 68.7 Å². The van der Waals surface area contributed by atoms with Crippen molar-refractivity contribution in [3.05, 3.63) is 82.2 Å². The molecule has 3 aliphatic heterocycles. The van der Waals surface area contributed by atoms with E-state index in [1.807, 2.05) is 37.7 Å². The summed E-state index contributed by atoms with van der Waals surface area (Å²) in [4.78, 5) is 32.0. The van der Waals surface area contributed by atoms with E-state index >= 15 is 0 Å². The van der Waals surface area contributed by atoms with Gasteiger partial charge in [-0.05, 0) is 85.5 Å². The van der Waals surface area contributed by atoms with Crippen molar-refractivity contribution in [2.75, 3.05) is 36.8 Å². The molecule has 49 heavy (non-hydrogen) atoms. The number of nitrogens with zero attached hydrogens (tertiary/aromatic N) is 3. The van der Waals surface area contributed by atoms with E-state index in [1.165, 1.54) is 0 Å². The van der Waals surface area contributed by atoms with Crippen molar-refractivity contribution in [2.45, 2.75) is 83.2 Å². The molecule has 0 bridgehead atoms. The van der Waals surface area contributed by atoms with Crippen LogP contribution in [-0.4, -0.2) is 70.6 Å². The number of piperazine rings is 1. The first-order chi connectivity index (χ1) is 23.7. The second-order valence-electron chi connectivity index (χ2n) is 14.1. The van der Waals surface area contributed by atoms with Gasteiger partial charge < -0.3 is 25.4 Å². The van der Waals surface area contributed by atoms with E-state index in [-0.39, 0.29) is 23.9 Å². The zero-order chi connectivity index (χ0) is 34.1. The van der Waals surface area contributed by atoms with Crippen LogP contribution in [0.15, 0.2) is 48.5 Å². The summed E-state index contributed by atoms with van der Waals surface area (Å²) >= 11 is 1.93. The zero-order valence-corrected chi connectivity index (χ0v) is 29.6. The topological polar surface area (TPSA) is 91.3 Å². The number of aromatic nitrogens is 2. The van der Waals surface area contributed by atoms with Crippen molar-refractivity contribution in [2.24, 2.45) is 0 Å². The third-order valence-corrected chi connectivity index (χ3v) is 11.8. The Kier molecular flexibility index (Phi) is 9.96. The summed E-state index contributed by atoms with van der Waals surface area (Å²) < 4.78 is 16.8. The van der Waals surface area contributed by atoms with Gasteiger partial charge in [0.15, 0.2) is 0 Å². The third-order valence-electron chi connectivity index (χ3n) is 10.3. The van der Waals surface area contributed by atoms with Crippen LogP contribution in [0, 0.1) is 26.6 Å². The van der Waals surface area contributed by atoms with Crippen LogP contribution in [0.3, 0.4) is 0 Å². The lowest BCUT2D eigenvalue weighted by atomic mass is 9.98. The fourth-order valence-electron chi connectivity index (χ4n) is 7.71. The van der Waals surface area contributed by atoms with Gasteiger partial charge in [0.25, 0.3) is 0 Å². The number of halogens is 1. The van der Waals surface area contributed by atoms with Crippen LogP contribution >= 0.6 is 11.8 Å². The van der Waals surface area contributed by atoms with E-state index in [1.54, 1.807) is 0 Å². The van der Waals surface area contributed by atoms with Gasteiger partial charge in [-0.1, -0.05) is 42.8 Å². The monoisotopic (exact) mass is 682 g/mol. The highest BCUT2D eigenvalue weighted by molar-refractivity contribution is 8.00. The number of carbonyl (C=O) groups is 2. The van der Waals surface area contributed by atoms with Crippen LogP contribution < -0.4 is 20.9 Å². The normalized spacial score (nSPS) is 20.4. The molecule has 8 nitrogen and oxygen atoms in total. The predicted molar refractivity (Wildman–Crippen MR) is 197 cm³/mol. The number of fused-ring (bicyclic) bond motifs is 2. The van der Waals surface area contributed by atoms with Crippen LogP contribution in [0.2, 0.25) is 0 Å². The van der Waals surface area contributed by atoms with Crippen molar-refractivity contribution in [1.29, 1.82) is 0 Å². The molecule has 0 radical (unpaired) electrons. The molecule has 3 aliphatic rings. The van der Waals surface area contributed by atoms with E-state index in [0.29, 0.717) is 41.5 Å². The number of rotatable bonds is 12. The zero-order valence-electron chi connectivity index (χ0n) is 28.8. The number of nitrogens with one attached hydrogen (secondary N) is 3. The predicted octanol–water partition coefficient (Wildman–Crippen LogP) is 6.45. The molecule has 0 saturated carbocycles. The van der Waals surface area contributed by atoms with Gasteiger partial charge in [0.05, 0.1) is 29.7 Å². The number of ketones is 1. The molecule has 3 fully saturated rings. The second kappa shape index (κ2) is 14.5. The number of amides is 2. The number of hydrogen-bond acceptors (Lipinski definition) is 6. The molecular formula is C39H47FN6O2S. The van der Waals surface area contributed by atoms with Crippen molar-refractivity contribution < 1.29 is 14.0 Å². The summed E-state index contributed by atoms with van der Waals surface area (Å²) in [6, 6.07) is 17.4. The van der Waals surface area contributed by atoms with Gasteiger partial charge in [-0.15, -0.1) is 0 Å². The number of benzene rings is 3. The van der Waals surface area contributed by atoms with Crippen LogP contribution in [0.1, 0.15) is 59.9 Å². The molecule has 3 saturated heterocycles. The average molecular weight is 683 g/mol. The molecule has 2 amide bonds. The average Bonchev–Trinajstić information content (AvgIpc) is 3.77. The molecule has 0 spiro atoms. The highest BCUT2D eigenvalue weighted by Crippen LogP contribution is 2.35. The van der Waals surface area contributed by atoms with E-state index in [4.69, 9.17) is 4.98 Å². The van der Waals surface area contributed by atoms with Crippen LogP contribution in [-0.2, 0) is 17.8 Å². The summed E-state index contributed by atoms with van der Waals surface area (Å²) in [6.45, 7) is 9.99. The third kappa shape index (κ3) is 7.36. The maximum Gasteiger partial charge on any atom is 0.315 e. The Morgan fingerprint density at radius 2 is 1.71 bits per heavy atom. The molecule has 4 aromatic rings. The number of carbonyl (C=O) groups excluding carboxylic acids is 2. The Morgan fingerprint density at radius 3 is 2.47 bits per heavy atom. The van der Waals surface area contributed by atoms with Gasteiger partial charge in [-0.25, -0.2) is 14.2 Å². The van der Waals surface area contributed by atoms with Crippen LogP contribution in [0.5, 0.6) is 0 Å². The van der Waals surface area contributed by atoms with Crippen molar-refractivity contribution in [1.82, 2.24) is 25.5 Å². The Hall–Kier alpha value is -3.89. The SMILES string of the molecule is Cc1cc(-c2ccc(CCC(=O)CCCC[C@@H]3SC[C@@H]4NC(=O)N[C@@H]43)cc2)c2nc(N3CCNCC3)n(Cc3cc(C)c(F)c(C)c3)c2c1. The second-order valence-corrected chi connectivity index (χ2v) is 15.3. The number of thioether (sulfide) groups is 1. The lowest BCUT2D eigenvalue weighted by Crippen LogP contribution is -2.44. The Balaban J connectivity index is 1.03. The molecule has 258 valence electrons. The van der Waals surface area contributed by atoms with Gasteiger partial charge in [0.1, 0.15) is 11.6 Å². The molecular weight excluding hydrogens is 636 g/mol. The van der Waals surface area contributed by atoms with Gasteiger partial charge in [0, 0.05) is 55.6 Å². The molecule has 4 heterocycles. The van der Waals surface area contributed by atoms with Crippen molar-refractivity contribution in [3.63, 3.8) is 0 Å². The first-order valence-electron chi connectivity index (χ1n) is 17.8. The highest BCUT2D eigenvalue weighted by Gasteiger charge is 2.42. The number of unbranched alkanes of at least 4 members (excludes halogenated alkanes) is 1. The van der Waals surface area contributed by atoms with Gasteiger partial charge in [-0.2, -0.15) is 11.8 Å². The minimum absolute atomic E-state index is 0.0463. The molecule has 7 rings (SSSR count). The molecule has 10 heteroatoms.